The molecule has 0 atom stereocenters. The van der Waals surface area contributed by atoms with Gasteiger partial charge in [0.25, 0.3) is 17.7 Å². The van der Waals surface area contributed by atoms with Crippen LogP contribution in [-0.4, -0.2) is 51.4 Å². The number of hydrogen-bond donors (Lipinski definition) is 0. The molecule has 0 bridgehead atoms. The monoisotopic (exact) mass is 374 g/mol. The lowest BCUT2D eigenvalue weighted by atomic mass is 10.0. The van der Waals surface area contributed by atoms with Crippen molar-refractivity contribution in [3.63, 3.8) is 0 Å². The minimum atomic E-state index is -0.388. The number of carbonyl (C=O) groups excluding carboxylic acids is 3. The second kappa shape index (κ2) is 6.77. The molecule has 0 radical (unpaired) electrons. The lowest BCUT2D eigenvalue weighted by Gasteiger charge is -2.16. The first-order valence-corrected chi connectivity index (χ1v) is 8.76. The van der Waals surface area contributed by atoms with Crippen LogP contribution in [0.25, 0.3) is 5.69 Å². The van der Waals surface area contributed by atoms with Crippen LogP contribution >= 0.6 is 0 Å². The summed E-state index contributed by atoms with van der Waals surface area (Å²) >= 11 is 0. The van der Waals surface area contributed by atoms with Crippen molar-refractivity contribution in [2.45, 2.75) is 6.54 Å². The normalized spacial score (nSPS) is 13.0. The van der Waals surface area contributed by atoms with E-state index in [4.69, 9.17) is 0 Å². The highest BCUT2D eigenvalue weighted by atomic mass is 16.2. The number of hydrogen-bond acceptors (Lipinski definition) is 4. The van der Waals surface area contributed by atoms with Crippen molar-refractivity contribution < 1.29 is 14.4 Å². The van der Waals surface area contributed by atoms with E-state index in [1.807, 2.05) is 36.5 Å². The number of nitrogens with zero attached hydrogens (tertiary/aromatic N) is 4. The molecule has 1 aliphatic rings. The molecule has 2 aromatic carbocycles. The number of imide groups is 1. The minimum absolute atomic E-state index is 0.231. The van der Waals surface area contributed by atoms with Gasteiger partial charge in [0, 0.05) is 38.0 Å². The molecule has 0 unspecified atom stereocenters. The van der Waals surface area contributed by atoms with Gasteiger partial charge in [-0.3, -0.25) is 19.3 Å². The standard InChI is InChI=1S/C21H18N4O3/c1-23(12-14-11-22-25(13-14)16-6-4-3-5-7-16)19(26)15-8-9-17-18(10-15)21(28)24(2)20(17)27/h3-11,13H,12H2,1-2H3. The Kier molecular flexibility index (Phi) is 4.27. The molecular weight excluding hydrogens is 356 g/mol. The lowest BCUT2D eigenvalue weighted by molar-refractivity contribution is 0.0692. The Balaban J connectivity index is 1.51. The molecule has 0 saturated carbocycles. The van der Waals surface area contributed by atoms with Gasteiger partial charge >= 0.3 is 0 Å². The second-order valence-electron chi connectivity index (χ2n) is 6.72. The van der Waals surface area contributed by atoms with Crippen LogP contribution in [0.2, 0.25) is 0 Å². The quantitative estimate of drug-likeness (QED) is 0.657. The number of carbonyl (C=O) groups is 3. The molecule has 1 aliphatic heterocycles. The zero-order valence-corrected chi connectivity index (χ0v) is 15.5. The number of rotatable bonds is 4. The third-order valence-corrected chi connectivity index (χ3v) is 4.76. The Bertz CT molecular complexity index is 1090. The van der Waals surface area contributed by atoms with Crippen LogP contribution in [0.15, 0.2) is 60.9 Å². The zero-order valence-electron chi connectivity index (χ0n) is 15.5. The summed E-state index contributed by atoms with van der Waals surface area (Å²) in [5.41, 5.74) is 2.79. The number of aromatic nitrogens is 2. The molecule has 2 heterocycles. The molecule has 0 spiro atoms. The summed E-state index contributed by atoms with van der Waals surface area (Å²) in [6.07, 6.45) is 3.59. The Morgan fingerprint density at radius 3 is 2.50 bits per heavy atom. The summed E-state index contributed by atoms with van der Waals surface area (Å²) in [7, 11) is 3.12. The van der Waals surface area contributed by atoms with E-state index in [-0.39, 0.29) is 23.3 Å². The van der Waals surface area contributed by atoms with Crippen molar-refractivity contribution in [3.05, 3.63) is 83.2 Å². The second-order valence-corrected chi connectivity index (χ2v) is 6.72. The van der Waals surface area contributed by atoms with E-state index in [0.717, 1.165) is 16.2 Å². The first-order chi connectivity index (χ1) is 13.5. The topological polar surface area (TPSA) is 75.5 Å². The highest BCUT2D eigenvalue weighted by molar-refractivity contribution is 6.21. The molecular formula is C21H18N4O3. The highest BCUT2D eigenvalue weighted by Crippen LogP contribution is 2.23. The first kappa shape index (κ1) is 17.7. The maximum absolute atomic E-state index is 12.8. The van der Waals surface area contributed by atoms with Crippen molar-refractivity contribution in [1.29, 1.82) is 0 Å². The van der Waals surface area contributed by atoms with Crippen molar-refractivity contribution in [2.75, 3.05) is 14.1 Å². The maximum Gasteiger partial charge on any atom is 0.261 e. The van der Waals surface area contributed by atoms with E-state index in [1.54, 1.807) is 28.9 Å². The molecule has 7 nitrogen and oxygen atoms in total. The summed E-state index contributed by atoms with van der Waals surface area (Å²) in [5, 5.41) is 4.34. The molecule has 1 aromatic heterocycles. The number of amides is 3. The van der Waals surface area contributed by atoms with E-state index in [1.165, 1.54) is 19.2 Å². The molecule has 3 aromatic rings. The minimum Gasteiger partial charge on any atom is -0.337 e. The van der Waals surface area contributed by atoms with E-state index < -0.39 is 0 Å². The van der Waals surface area contributed by atoms with Crippen LogP contribution < -0.4 is 0 Å². The predicted octanol–water partition coefficient (Wildman–Crippen LogP) is 2.37. The molecule has 140 valence electrons. The van der Waals surface area contributed by atoms with Gasteiger partial charge in [-0.15, -0.1) is 0 Å². The molecule has 4 rings (SSSR count). The average molecular weight is 374 g/mol. The number of benzene rings is 2. The highest BCUT2D eigenvalue weighted by Gasteiger charge is 2.33. The third kappa shape index (κ3) is 2.96. The Hall–Kier alpha value is -3.74. The predicted molar refractivity (Wildman–Crippen MR) is 102 cm³/mol. The Labute approximate surface area is 161 Å². The molecule has 0 N–H and O–H groups in total. The summed E-state index contributed by atoms with van der Waals surface area (Å²) in [4.78, 5) is 39.5. The Morgan fingerprint density at radius 1 is 1.04 bits per heavy atom. The van der Waals surface area contributed by atoms with Gasteiger partial charge in [0.15, 0.2) is 0 Å². The van der Waals surface area contributed by atoms with E-state index in [9.17, 15) is 14.4 Å². The molecule has 3 amide bonds. The van der Waals surface area contributed by atoms with Crippen molar-refractivity contribution >= 4 is 17.7 Å². The fourth-order valence-corrected chi connectivity index (χ4v) is 3.22. The lowest BCUT2D eigenvalue weighted by Crippen LogP contribution is -2.26. The summed E-state index contributed by atoms with van der Waals surface area (Å²) in [5.74, 6) is -0.966. The smallest absolute Gasteiger partial charge is 0.261 e. The summed E-state index contributed by atoms with van der Waals surface area (Å²) in [6.45, 7) is 0.371. The largest absolute Gasteiger partial charge is 0.337 e. The average Bonchev–Trinajstić information content (AvgIpc) is 3.27. The van der Waals surface area contributed by atoms with E-state index in [2.05, 4.69) is 5.10 Å². The fraction of sp³-hybridized carbons (Fsp3) is 0.143. The van der Waals surface area contributed by atoms with Crippen LogP contribution in [0.3, 0.4) is 0 Å². The Morgan fingerprint density at radius 2 is 1.75 bits per heavy atom. The van der Waals surface area contributed by atoms with Gasteiger partial charge in [0.2, 0.25) is 0 Å². The van der Waals surface area contributed by atoms with Gasteiger partial charge in [-0.1, -0.05) is 18.2 Å². The number of fused-ring (bicyclic) bond motifs is 1. The summed E-state index contributed by atoms with van der Waals surface area (Å²) in [6, 6.07) is 14.3. The molecule has 0 aliphatic carbocycles. The van der Waals surface area contributed by atoms with Gasteiger partial charge < -0.3 is 4.90 Å². The SMILES string of the molecule is CN(Cc1cnn(-c2ccccc2)c1)C(=O)c1ccc2c(c1)C(=O)N(C)C2=O. The zero-order chi connectivity index (χ0) is 19.8. The van der Waals surface area contributed by atoms with Crippen LogP contribution in [0, 0.1) is 0 Å². The van der Waals surface area contributed by atoms with E-state index >= 15 is 0 Å². The van der Waals surface area contributed by atoms with Gasteiger partial charge in [-0.2, -0.15) is 5.10 Å². The first-order valence-electron chi connectivity index (χ1n) is 8.76. The van der Waals surface area contributed by atoms with Crippen molar-refractivity contribution in [1.82, 2.24) is 19.6 Å². The fourth-order valence-electron chi connectivity index (χ4n) is 3.22. The molecule has 0 fully saturated rings. The molecule has 7 heteroatoms. The van der Waals surface area contributed by atoms with Crippen molar-refractivity contribution in [2.24, 2.45) is 0 Å². The van der Waals surface area contributed by atoms with E-state index in [0.29, 0.717) is 17.7 Å². The van der Waals surface area contributed by atoms with Gasteiger partial charge in [-0.05, 0) is 30.3 Å². The van der Waals surface area contributed by atoms with Crippen LogP contribution in [0.5, 0.6) is 0 Å². The van der Waals surface area contributed by atoms with Crippen LogP contribution in [0.4, 0.5) is 0 Å². The van der Waals surface area contributed by atoms with Crippen molar-refractivity contribution in [3.8, 4) is 5.69 Å². The molecule has 28 heavy (non-hydrogen) atoms. The van der Waals surface area contributed by atoms with Crippen LogP contribution in [0.1, 0.15) is 36.6 Å². The van der Waals surface area contributed by atoms with Gasteiger partial charge in [0.05, 0.1) is 23.0 Å². The number of para-hydroxylation sites is 1. The summed E-state index contributed by atoms with van der Waals surface area (Å²) < 4.78 is 1.75. The van der Waals surface area contributed by atoms with Crippen LogP contribution in [-0.2, 0) is 6.54 Å². The van der Waals surface area contributed by atoms with Gasteiger partial charge in [0.1, 0.15) is 0 Å². The molecule has 0 saturated heterocycles. The van der Waals surface area contributed by atoms with Gasteiger partial charge in [-0.25, -0.2) is 4.68 Å². The third-order valence-electron chi connectivity index (χ3n) is 4.76. The maximum atomic E-state index is 12.8.